The number of imide groups is 1. The summed E-state index contributed by atoms with van der Waals surface area (Å²) in [5.74, 6) is -2.26. The van der Waals surface area contributed by atoms with Crippen LogP contribution in [0.25, 0.3) is 0 Å². The smallest absolute Gasteiger partial charge is 0.235 e. The van der Waals surface area contributed by atoms with Crippen LogP contribution in [-0.2, 0) is 9.59 Å². The number of phenolic OH excluding ortho intramolecular Hbond substituents is 2. The number of amides is 2. The van der Waals surface area contributed by atoms with Crippen LogP contribution >= 0.6 is 0 Å². The number of nitrogens with one attached hydrogen (secondary N) is 1. The van der Waals surface area contributed by atoms with Crippen molar-refractivity contribution in [2.24, 2.45) is 0 Å². The Balaban J connectivity index is 2.08. The number of phenols is 2. The van der Waals surface area contributed by atoms with E-state index in [1.165, 1.54) is 18.2 Å². The highest BCUT2D eigenvalue weighted by molar-refractivity contribution is 6.10. The van der Waals surface area contributed by atoms with Crippen LogP contribution < -0.4 is 5.32 Å². The van der Waals surface area contributed by atoms with E-state index in [4.69, 9.17) is 0 Å². The maximum Gasteiger partial charge on any atom is 0.235 e. The Kier molecular flexibility index (Phi) is 3.10. The summed E-state index contributed by atoms with van der Waals surface area (Å²) in [6, 6.07) is 12.6. The van der Waals surface area contributed by atoms with Crippen molar-refractivity contribution in [1.82, 2.24) is 5.32 Å². The Morgan fingerprint density at radius 1 is 0.810 bits per heavy atom. The quantitative estimate of drug-likeness (QED) is 0.731. The highest BCUT2D eigenvalue weighted by Crippen LogP contribution is 2.41. The fourth-order valence-corrected chi connectivity index (χ4v) is 2.68. The van der Waals surface area contributed by atoms with E-state index in [0.717, 1.165) is 0 Å². The van der Waals surface area contributed by atoms with Gasteiger partial charge in [-0.05, 0) is 23.8 Å². The molecule has 1 aliphatic heterocycles. The first-order valence-electron chi connectivity index (χ1n) is 6.49. The van der Waals surface area contributed by atoms with Crippen molar-refractivity contribution in [2.45, 2.75) is 11.8 Å². The second kappa shape index (κ2) is 4.94. The average Bonchev–Trinajstić information content (AvgIpc) is 2.75. The first-order valence-corrected chi connectivity index (χ1v) is 6.49. The Bertz CT molecular complexity index is 708. The van der Waals surface area contributed by atoms with Gasteiger partial charge in [0, 0.05) is 5.56 Å². The number of hydrogen-bond acceptors (Lipinski definition) is 4. The number of rotatable bonds is 2. The number of benzene rings is 2. The summed E-state index contributed by atoms with van der Waals surface area (Å²) in [5.41, 5.74) is 1.03. The van der Waals surface area contributed by atoms with Gasteiger partial charge in [-0.25, -0.2) is 0 Å². The van der Waals surface area contributed by atoms with Crippen molar-refractivity contribution in [2.75, 3.05) is 0 Å². The van der Waals surface area contributed by atoms with Crippen molar-refractivity contribution in [1.29, 1.82) is 0 Å². The van der Waals surface area contributed by atoms with E-state index in [1.54, 1.807) is 30.3 Å². The zero-order valence-electron chi connectivity index (χ0n) is 11.0. The summed E-state index contributed by atoms with van der Waals surface area (Å²) >= 11 is 0. The van der Waals surface area contributed by atoms with Crippen LogP contribution in [0.1, 0.15) is 23.0 Å². The van der Waals surface area contributed by atoms with Gasteiger partial charge in [-0.15, -0.1) is 0 Å². The molecular weight excluding hydrogens is 270 g/mol. The molecule has 3 N–H and O–H groups in total. The second-order valence-corrected chi connectivity index (χ2v) is 4.96. The zero-order valence-corrected chi connectivity index (χ0v) is 11.0. The lowest BCUT2D eigenvalue weighted by Gasteiger charge is -2.17. The molecule has 0 radical (unpaired) electrons. The van der Waals surface area contributed by atoms with E-state index in [2.05, 4.69) is 5.32 Å². The van der Waals surface area contributed by atoms with Gasteiger partial charge in [0.25, 0.3) is 0 Å². The third-order valence-electron chi connectivity index (χ3n) is 3.67. The predicted molar refractivity (Wildman–Crippen MR) is 74.8 cm³/mol. The predicted octanol–water partition coefficient (Wildman–Crippen LogP) is 1.62. The van der Waals surface area contributed by atoms with Gasteiger partial charge in [0.2, 0.25) is 11.8 Å². The zero-order chi connectivity index (χ0) is 15.0. The summed E-state index contributed by atoms with van der Waals surface area (Å²) < 4.78 is 0. The first kappa shape index (κ1) is 13.2. The summed E-state index contributed by atoms with van der Waals surface area (Å²) in [6.07, 6.45) is 0. The van der Waals surface area contributed by atoms with Crippen molar-refractivity contribution < 1.29 is 19.8 Å². The molecule has 1 aliphatic rings. The molecule has 0 unspecified atom stereocenters. The molecule has 1 fully saturated rings. The molecule has 2 aromatic rings. The Hall–Kier alpha value is -2.82. The Morgan fingerprint density at radius 3 is 2.10 bits per heavy atom. The van der Waals surface area contributed by atoms with E-state index in [0.29, 0.717) is 11.1 Å². The van der Waals surface area contributed by atoms with Crippen molar-refractivity contribution in [3.63, 3.8) is 0 Å². The Morgan fingerprint density at radius 2 is 1.43 bits per heavy atom. The largest absolute Gasteiger partial charge is 0.508 e. The van der Waals surface area contributed by atoms with Gasteiger partial charge in [0.15, 0.2) is 0 Å². The van der Waals surface area contributed by atoms with Crippen molar-refractivity contribution in [3.05, 3.63) is 59.7 Å². The standard InChI is InChI=1S/C16H13NO4/c18-10-7-5-9(6-8-10)13-14(16(21)17-15(13)20)11-3-1-2-4-12(11)19/h1-8,13-14,18-19H,(H,17,20,21)/t13-,14-/m0/s1. The summed E-state index contributed by atoms with van der Waals surface area (Å²) in [5, 5.41) is 21.6. The molecule has 0 saturated carbocycles. The van der Waals surface area contributed by atoms with Gasteiger partial charge in [0.1, 0.15) is 11.5 Å². The van der Waals surface area contributed by atoms with Crippen LogP contribution in [0.2, 0.25) is 0 Å². The monoisotopic (exact) mass is 283 g/mol. The highest BCUT2D eigenvalue weighted by atomic mass is 16.3. The number of carbonyl (C=O) groups is 2. The van der Waals surface area contributed by atoms with E-state index in [9.17, 15) is 19.8 Å². The maximum atomic E-state index is 12.1. The fraction of sp³-hybridized carbons (Fsp3) is 0.125. The summed E-state index contributed by atoms with van der Waals surface area (Å²) in [4.78, 5) is 24.2. The molecule has 1 heterocycles. The van der Waals surface area contributed by atoms with Gasteiger partial charge in [-0.2, -0.15) is 0 Å². The lowest BCUT2D eigenvalue weighted by molar-refractivity contribution is -0.125. The lowest BCUT2D eigenvalue weighted by Crippen LogP contribution is -2.21. The molecule has 2 atom stereocenters. The molecule has 106 valence electrons. The van der Waals surface area contributed by atoms with Crippen LogP contribution in [0.3, 0.4) is 0 Å². The molecule has 5 nitrogen and oxygen atoms in total. The molecule has 0 aliphatic carbocycles. The minimum atomic E-state index is -0.775. The van der Waals surface area contributed by atoms with Crippen LogP contribution in [-0.4, -0.2) is 22.0 Å². The van der Waals surface area contributed by atoms with Crippen LogP contribution in [0.4, 0.5) is 0 Å². The second-order valence-electron chi connectivity index (χ2n) is 4.96. The molecule has 1 saturated heterocycles. The van der Waals surface area contributed by atoms with Crippen LogP contribution in [0, 0.1) is 0 Å². The molecule has 0 spiro atoms. The van der Waals surface area contributed by atoms with E-state index in [1.807, 2.05) is 0 Å². The lowest BCUT2D eigenvalue weighted by atomic mass is 9.83. The number of para-hydroxylation sites is 1. The number of hydrogen-bond donors (Lipinski definition) is 3. The van der Waals surface area contributed by atoms with Crippen LogP contribution in [0.15, 0.2) is 48.5 Å². The molecule has 21 heavy (non-hydrogen) atoms. The molecule has 3 rings (SSSR count). The fourth-order valence-electron chi connectivity index (χ4n) is 2.68. The average molecular weight is 283 g/mol. The normalized spacial score (nSPS) is 21.3. The molecule has 5 heteroatoms. The molecule has 2 amide bonds. The molecular formula is C16H13NO4. The number of carbonyl (C=O) groups excluding carboxylic acids is 2. The Labute approximate surface area is 120 Å². The third-order valence-corrected chi connectivity index (χ3v) is 3.67. The van der Waals surface area contributed by atoms with Gasteiger partial charge < -0.3 is 10.2 Å². The van der Waals surface area contributed by atoms with Gasteiger partial charge in [0.05, 0.1) is 11.8 Å². The topological polar surface area (TPSA) is 86.6 Å². The summed E-state index contributed by atoms with van der Waals surface area (Å²) in [7, 11) is 0. The maximum absolute atomic E-state index is 12.1. The highest BCUT2D eigenvalue weighted by Gasteiger charge is 2.44. The minimum Gasteiger partial charge on any atom is -0.508 e. The van der Waals surface area contributed by atoms with Gasteiger partial charge in [-0.3, -0.25) is 14.9 Å². The summed E-state index contributed by atoms with van der Waals surface area (Å²) in [6.45, 7) is 0. The minimum absolute atomic E-state index is 0.0175. The SMILES string of the molecule is O=C1NC(=O)[C@@H](c2ccccc2O)[C@@H]1c1ccc(O)cc1. The van der Waals surface area contributed by atoms with E-state index >= 15 is 0 Å². The molecule has 2 aromatic carbocycles. The molecule has 0 bridgehead atoms. The van der Waals surface area contributed by atoms with E-state index < -0.39 is 23.7 Å². The van der Waals surface area contributed by atoms with Gasteiger partial charge in [-0.1, -0.05) is 30.3 Å². The van der Waals surface area contributed by atoms with E-state index in [-0.39, 0.29) is 11.5 Å². The van der Waals surface area contributed by atoms with Crippen LogP contribution in [0.5, 0.6) is 11.5 Å². The first-order chi connectivity index (χ1) is 10.1. The van der Waals surface area contributed by atoms with Crippen molar-refractivity contribution in [3.8, 4) is 11.5 Å². The van der Waals surface area contributed by atoms with Crippen molar-refractivity contribution >= 4 is 11.8 Å². The molecule has 0 aromatic heterocycles. The number of aromatic hydroxyl groups is 2. The van der Waals surface area contributed by atoms with Gasteiger partial charge >= 0.3 is 0 Å². The third kappa shape index (κ3) is 2.23.